The summed E-state index contributed by atoms with van der Waals surface area (Å²) in [5.74, 6) is 1.55. The van der Waals surface area contributed by atoms with Crippen molar-refractivity contribution in [3.05, 3.63) is 35.4 Å². The average Bonchev–Trinajstić information content (AvgIpc) is 3.23. The summed E-state index contributed by atoms with van der Waals surface area (Å²) in [6, 6.07) is 8.57. The summed E-state index contributed by atoms with van der Waals surface area (Å²) in [5.41, 5.74) is 2.55. The van der Waals surface area contributed by atoms with Crippen molar-refractivity contribution >= 4 is 15.7 Å². The summed E-state index contributed by atoms with van der Waals surface area (Å²) in [7, 11) is -2.86. The Labute approximate surface area is 138 Å². The maximum atomic E-state index is 12.2. The number of carbonyl (C=O) groups excluding carboxylic acids is 1. The van der Waals surface area contributed by atoms with Crippen LogP contribution in [0.4, 0.5) is 0 Å². The molecule has 0 radical (unpaired) electrons. The largest absolute Gasteiger partial charge is 0.356 e. The van der Waals surface area contributed by atoms with Gasteiger partial charge in [0.25, 0.3) is 0 Å². The lowest BCUT2D eigenvalue weighted by atomic mass is 10.00. The molecule has 1 saturated carbocycles. The van der Waals surface area contributed by atoms with E-state index in [9.17, 15) is 13.2 Å². The van der Waals surface area contributed by atoms with Gasteiger partial charge in [-0.15, -0.1) is 0 Å². The third kappa shape index (κ3) is 3.94. The zero-order valence-corrected chi connectivity index (χ0v) is 14.6. The van der Waals surface area contributed by atoms with Crippen LogP contribution in [-0.4, -0.2) is 32.4 Å². The minimum absolute atomic E-state index is 0.0536. The highest BCUT2D eigenvalue weighted by atomic mass is 32.2. The maximum absolute atomic E-state index is 12.2. The van der Waals surface area contributed by atoms with E-state index >= 15 is 0 Å². The molecule has 3 rings (SSSR count). The van der Waals surface area contributed by atoms with Gasteiger partial charge in [0.1, 0.15) is 0 Å². The summed E-state index contributed by atoms with van der Waals surface area (Å²) in [4.78, 5) is 12.2. The first-order valence-corrected chi connectivity index (χ1v) is 10.3. The normalized spacial score (nSPS) is 28.7. The molecule has 0 bridgehead atoms. The lowest BCUT2D eigenvalue weighted by molar-refractivity contribution is -0.122. The molecule has 1 aliphatic heterocycles. The van der Waals surface area contributed by atoms with Gasteiger partial charge in [-0.25, -0.2) is 8.42 Å². The molecular weight excluding hydrogens is 310 g/mol. The lowest BCUT2D eigenvalue weighted by Gasteiger charge is -2.10. The Bertz CT molecular complexity index is 679. The number of nitrogens with one attached hydrogen (secondary N) is 1. The monoisotopic (exact) mass is 335 g/mol. The second-order valence-electron chi connectivity index (χ2n) is 7.28. The second kappa shape index (κ2) is 6.27. The van der Waals surface area contributed by atoms with Crippen molar-refractivity contribution in [3.8, 4) is 0 Å². The SMILES string of the molecule is CC(C)c1ccc([C@@H]2C[C@H]2C(=O)NC[C@H]2CCS(=O)(=O)C2)cc1. The van der Waals surface area contributed by atoms with Crippen molar-refractivity contribution < 1.29 is 13.2 Å². The summed E-state index contributed by atoms with van der Waals surface area (Å²) >= 11 is 0. The second-order valence-corrected chi connectivity index (χ2v) is 9.51. The van der Waals surface area contributed by atoms with Crippen LogP contribution >= 0.6 is 0 Å². The van der Waals surface area contributed by atoms with Crippen molar-refractivity contribution in [1.82, 2.24) is 5.32 Å². The van der Waals surface area contributed by atoms with E-state index in [-0.39, 0.29) is 29.2 Å². The zero-order chi connectivity index (χ0) is 16.6. The topological polar surface area (TPSA) is 63.2 Å². The van der Waals surface area contributed by atoms with Crippen LogP contribution in [0.1, 0.15) is 49.7 Å². The van der Waals surface area contributed by atoms with Gasteiger partial charge in [-0.1, -0.05) is 38.1 Å². The molecule has 1 aliphatic carbocycles. The van der Waals surface area contributed by atoms with Gasteiger partial charge in [0.05, 0.1) is 11.5 Å². The molecule has 1 aromatic carbocycles. The predicted molar refractivity (Wildman–Crippen MR) is 91.1 cm³/mol. The Morgan fingerprint density at radius 2 is 1.96 bits per heavy atom. The van der Waals surface area contributed by atoms with Crippen LogP contribution in [0.3, 0.4) is 0 Å². The van der Waals surface area contributed by atoms with Crippen molar-refractivity contribution in [1.29, 1.82) is 0 Å². The number of carbonyl (C=O) groups is 1. The number of sulfone groups is 1. The number of amides is 1. The Morgan fingerprint density at radius 3 is 2.52 bits per heavy atom. The number of hydrogen-bond donors (Lipinski definition) is 1. The van der Waals surface area contributed by atoms with Crippen LogP contribution in [0.15, 0.2) is 24.3 Å². The highest BCUT2D eigenvalue weighted by Gasteiger charge is 2.44. The third-order valence-electron chi connectivity index (χ3n) is 5.05. The predicted octanol–water partition coefficient (Wildman–Crippen LogP) is 2.46. The van der Waals surface area contributed by atoms with Gasteiger partial charge in [0, 0.05) is 12.5 Å². The summed E-state index contributed by atoms with van der Waals surface area (Å²) in [5, 5.41) is 2.95. The van der Waals surface area contributed by atoms with Gasteiger partial charge < -0.3 is 5.32 Å². The number of hydrogen-bond acceptors (Lipinski definition) is 3. The summed E-state index contributed by atoms with van der Waals surface area (Å²) in [6.45, 7) is 4.84. The molecule has 126 valence electrons. The first kappa shape index (κ1) is 16.5. The number of benzene rings is 1. The highest BCUT2D eigenvalue weighted by Crippen LogP contribution is 2.47. The van der Waals surface area contributed by atoms with Crippen LogP contribution < -0.4 is 5.32 Å². The Balaban J connectivity index is 1.49. The average molecular weight is 335 g/mol. The Kier molecular flexibility index (Phi) is 4.50. The molecule has 1 heterocycles. The van der Waals surface area contributed by atoms with Gasteiger partial charge in [0.15, 0.2) is 9.84 Å². The fourth-order valence-electron chi connectivity index (χ4n) is 3.39. The van der Waals surface area contributed by atoms with E-state index < -0.39 is 9.84 Å². The molecule has 2 aliphatic rings. The van der Waals surface area contributed by atoms with E-state index in [2.05, 4.69) is 43.4 Å². The van der Waals surface area contributed by atoms with E-state index in [1.54, 1.807) is 0 Å². The van der Waals surface area contributed by atoms with E-state index in [4.69, 9.17) is 0 Å². The van der Waals surface area contributed by atoms with Crippen molar-refractivity contribution in [2.75, 3.05) is 18.1 Å². The molecule has 3 atom stereocenters. The quantitative estimate of drug-likeness (QED) is 0.899. The molecular formula is C18H25NO3S. The van der Waals surface area contributed by atoms with Crippen LogP contribution in [-0.2, 0) is 14.6 Å². The third-order valence-corrected chi connectivity index (χ3v) is 6.89. The Hall–Kier alpha value is -1.36. The fourth-order valence-corrected chi connectivity index (χ4v) is 5.25. The first-order valence-electron chi connectivity index (χ1n) is 8.44. The minimum atomic E-state index is -2.86. The van der Waals surface area contributed by atoms with Crippen LogP contribution in [0.2, 0.25) is 0 Å². The van der Waals surface area contributed by atoms with Gasteiger partial charge in [-0.05, 0) is 41.7 Å². The van der Waals surface area contributed by atoms with E-state index in [0.717, 1.165) is 6.42 Å². The van der Waals surface area contributed by atoms with Gasteiger partial charge >= 0.3 is 0 Å². The molecule has 23 heavy (non-hydrogen) atoms. The lowest BCUT2D eigenvalue weighted by Crippen LogP contribution is -2.31. The fraction of sp³-hybridized carbons (Fsp3) is 0.611. The molecule has 0 unspecified atom stereocenters. The minimum Gasteiger partial charge on any atom is -0.356 e. The molecule has 1 aromatic rings. The summed E-state index contributed by atoms with van der Waals surface area (Å²) in [6.07, 6.45) is 1.57. The molecule has 5 heteroatoms. The zero-order valence-electron chi connectivity index (χ0n) is 13.8. The smallest absolute Gasteiger partial charge is 0.223 e. The van der Waals surface area contributed by atoms with Crippen LogP contribution in [0.5, 0.6) is 0 Å². The molecule has 1 amide bonds. The van der Waals surface area contributed by atoms with Crippen molar-refractivity contribution in [2.24, 2.45) is 11.8 Å². The molecule has 0 aromatic heterocycles. The standard InChI is InChI=1S/C18H25NO3S/c1-12(2)14-3-5-15(6-4-14)16-9-17(16)18(20)19-10-13-7-8-23(21,22)11-13/h3-6,12-13,16-17H,7-11H2,1-2H3,(H,19,20)/t13-,16+,17-/m1/s1. The maximum Gasteiger partial charge on any atom is 0.223 e. The van der Waals surface area contributed by atoms with Crippen molar-refractivity contribution in [3.63, 3.8) is 0 Å². The van der Waals surface area contributed by atoms with Gasteiger partial charge in [-0.3, -0.25) is 4.79 Å². The van der Waals surface area contributed by atoms with Crippen LogP contribution in [0, 0.1) is 11.8 Å². The Morgan fingerprint density at radius 1 is 1.26 bits per heavy atom. The van der Waals surface area contributed by atoms with Gasteiger partial charge in [-0.2, -0.15) is 0 Å². The van der Waals surface area contributed by atoms with E-state index in [1.807, 2.05) is 0 Å². The molecule has 1 saturated heterocycles. The molecule has 2 fully saturated rings. The van der Waals surface area contributed by atoms with Gasteiger partial charge in [0.2, 0.25) is 5.91 Å². The van der Waals surface area contributed by atoms with Crippen molar-refractivity contribution in [2.45, 2.75) is 38.5 Å². The molecule has 4 nitrogen and oxygen atoms in total. The van der Waals surface area contributed by atoms with E-state index in [1.165, 1.54) is 11.1 Å². The molecule has 1 N–H and O–H groups in total. The van der Waals surface area contributed by atoms with E-state index in [0.29, 0.717) is 24.8 Å². The first-order chi connectivity index (χ1) is 10.9. The molecule has 0 spiro atoms. The highest BCUT2D eigenvalue weighted by molar-refractivity contribution is 7.91. The summed E-state index contributed by atoms with van der Waals surface area (Å²) < 4.78 is 22.9. The van der Waals surface area contributed by atoms with Crippen LogP contribution in [0.25, 0.3) is 0 Å². The number of rotatable bonds is 5.